The van der Waals surface area contributed by atoms with E-state index in [1.165, 1.54) is 4.90 Å². The summed E-state index contributed by atoms with van der Waals surface area (Å²) in [6, 6.07) is 6.56. The van der Waals surface area contributed by atoms with Crippen LogP contribution in [0.15, 0.2) is 24.3 Å². The number of likely N-dealkylation sites (tertiary alicyclic amines) is 1. The van der Waals surface area contributed by atoms with Gasteiger partial charge in [-0.15, -0.1) is 0 Å². The van der Waals surface area contributed by atoms with Crippen LogP contribution in [0.4, 0.5) is 10.5 Å². The van der Waals surface area contributed by atoms with Crippen LogP contribution >= 0.6 is 0 Å². The lowest BCUT2D eigenvalue weighted by Crippen LogP contribution is -2.51. The Balaban J connectivity index is 2.09. The second-order valence-electron chi connectivity index (χ2n) is 5.66. The van der Waals surface area contributed by atoms with Gasteiger partial charge in [-0.3, -0.25) is 0 Å². The molecule has 2 amide bonds. The monoisotopic (exact) mass is 290 g/mol. The average molecular weight is 290 g/mol. The fraction of sp³-hybridized carbons (Fsp3) is 0.500. The Bertz CT molecular complexity index is 530. The lowest BCUT2D eigenvalue weighted by molar-refractivity contribution is -0.143. The molecule has 2 N–H and O–H groups in total. The molecule has 1 fully saturated rings. The molecule has 0 aromatic heterocycles. The number of aliphatic carboxylic acids is 1. The van der Waals surface area contributed by atoms with Crippen LogP contribution < -0.4 is 5.32 Å². The summed E-state index contributed by atoms with van der Waals surface area (Å²) in [5, 5.41) is 12.1. The summed E-state index contributed by atoms with van der Waals surface area (Å²) in [7, 11) is 0. The van der Waals surface area contributed by atoms with Crippen LogP contribution in [-0.4, -0.2) is 34.6 Å². The topological polar surface area (TPSA) is 69.6 Å². The van der Waals surface area contributed by atoms with Gasteiger partial charge in [0.25, 0.3) is 0 Å². The van der Waals surface area contributed by atoms with E-state index in [2.05, 4.69) is 5.32 Å². The normalized spacial score (nSPS) is 21.9. The number of carbonyl (C=O) groups excluding carboxylic acids is 1. The van der Waals surface area contributed by atoms with Crippen molar-refractivity contribution in [2.24, 2.45) is 5.92 Å². The van der Waals surface area contributed by atoms with E-state index in [9.17, 15) is 14.7 Å². The van der Waals surface area contributed by atoms with Gasteiger partial charge in [-0.1, -0.05) is 26.0 Å². The highest BCUT2D eigenvalue weighted by atomic mass is 16.4. The number of urea groups is 1. The molecule has 1 aromatic carbocycles. The first-order valence-corrected chi connectivity index (χ1v) is 7.40. The van der Waals surface area contributed by atoms with Gasteiger partial charge in [0.1, 0.15) is 6.04 Å². The van der Waals surface area contributed by atoms with Gasteiger partial charge in [-0.25, -0.2) is 9.59 Å². The van der Waals surface area contributed by atoms with Crippen molar-refractivity contribution in [2.45, 2.75) is 39.2 Å². The first-order valence-electron chi connectivity index (χ1n) is 7.40. The van der Waals surface area contributed by atoms with Crippen molar-refractivity contribution < 1.29 is 14.7 Å². The van der Waals surface area contributed by atoms with E-state index in [1.54, 1.807) is 0 Å². The molecule has 1 heterocycles. The van der Waals surface area contributed by atoms with E-state index in [-0.39, 0.29) is 6.03 Å². The van der Waals surface area contributed by atoms with Crippen molar-refractivity contribution in [3.63, 3.8) is 0 Å². The number of carboxylic acid groups (broad SMARTS) is 1. The first-order chi connectivity index (χ1) is 10.0. The predicted molar refractivity (Wildman–Crippen MR) is 81.4 cm³/mol. The van der Waals surface area contributed by atoms with Crippen LogP contribution in [-0.2, 0) is 11.2 Å². The zero-order chi connectivity index (χ0) is 15.4. The number of hydrogen-bond donors (Lipinski definition) is 2. The fourth-order valence-corrected chi connectivity index (χ4v) is 2.68. The third kappa shape index (κ3) is 3.74. The fourth-order valence-electron chi connectivity index (χ4n) is 2.68. The van der Waals surface area contributed by atoms with Gasteiger partial charge >= 0.3 is 12.0 Å². The smallest absolute Gasteiger partial charge is 0.326 e. The number of anilines is 1. The van der Waals surface area contributed by atoms with Crippen molar-refractivity contribution >= 4 is 17.7 Å². The number of carbonyl (C=O) groups is 2. The second kappa shape index (κ2) is 6.61. The minimum Gasteiger partial charge on any atom is -0.480 e. The van der Waals surface area contributed by atoms with Crippen molar-refractivity contribution in [3.8, 4) is 0 Å². The molecule has 2 rings (SSSR count). The van der Waals surface area contributed by atoms with Crippen LogP contribution in [0.5, 0.6) is 0 Å². The summed E-state index contributed by atoms with van der Waals surface area (Å²) in [5.41, 5.74) is 1.84. The maximum absolute atomic E-state index is 12.3. The summed E-state index contributed by atoms with van der Waals surface area (Å²) >= 11 is 0. The molecule has 2 unspecified atom stereocenters. The van der Waals surface area contributed by atoms with E-state index < -0.39 is 12.0 Å². The van der Waals surface area contributed by atoms with E-state index in [0.717, 1.165) is 18.4 Å². The molecule has 0 aliphatic carbocycles. The number of hydrogen-bond acceptors (Lipinski definition) is 2. The molecule has 5 heteroatoms. The minimum atomic E-state index is -0.931. The lowest BCUT2D eigenvalue weighted by atomic mass is 9.93. The Labute approximate surface area is 125 Å². The number of rotatable bonds is 3. The van der Waals surface area contributed by atoms with Crippen molar-refractivity contribution in [1.29, 1.82) is 0 Å². The molecule has 0 saturated carbocycles. The molecule has 1 aromatic rings. The third-order valence-corrected chi connectivity index (χ3v) is 4.00. The largest absolute Gasteiger partial charge is 0.480 e. The second-order valence-corrected chi connectivity index (χ2v) is 5.66. The van der Waals surface area contributed by atoms with E-state index in [4.69, 9.17) is 0 Å². The van der Waals surface area contributed by atoms with E-state index >= 15 is 0 Å². The molecule has 21 heavy (non-hydrogen) atoms. The molecule has 0 bridgehead atoms. The van der Waals surface area contributed by atoms with E-state index in [1.807, 2.05) is 38.1 Å². The van der Waals surface area contributed by atoms with Gasteiger partial charge in [0.15, 0.2) is 0 Å². The van der Waals surface area contributed by atoms with Crippen LogP contribution in [0.1, 0.15) is 32.3 Å². The molecule has 2 atom stereocenters. The lowest BCUT2D eigenvalue weighted by Gasteiger charge is -2.35. The molecule has 5 nitrogen and oxygen atoms in total. The maximum Gasteiger partial charge on any atom is 0.326 e. The molecule has 0 spiro atoms. The van der Waals surface area contributed by atoms with Crippen molar-refractivity contribution in [2.75, 3.05) is 11.9 Å². The van der Waals surface area contributed by atoms with Crippen molar-refractivity contribution in [1.82, 2.24) is 4.90 Å². The van der Waals surface area contributed by atoms with Crippen LogP contribution in [0, 0.1) is 5.92 Å². The van der Waals surface area contributed by atoms with Crippen molar-refractivity contribution in [3.05, 3.63) is 29.8 Å². The Morgan fingerprint density at radius 2 is 2.19 bits per heavy atom. The van der Waals surface area contributed by atoms with Gasteiger partial charge in [-0.05, 0) is 42.9 Å². The highest BCUT2D eigenvalue weighted by molar-refractivity contribution is 5.92. The van der Waals surface area contributed by atoms with Gasteiger partial charge in [0.05, 0.1) is 0 Å². The van der Waals surface area contributed by atoms with Crippen LogP contribution in [0.3, 0.4) is 0 Å². The highest BCUT2D eigenvalue weighted by Gasteiger charge is 2.34. The standard InChI is InChI=1S/C16H22N2O3/c1-3-12-5-4-6-13(10-12)17-16(21)18-8-7-11(2)9-14(18)15(19)20/h4-6,10-11,14H,3,7-9H2,1-2H3,(H,17,21)(H,19,20). The highest BCUT2D eigenvalue weighted by Crippen LogP contribution is 2.23. The summed E-state index contributed by atoms with van der Waals surface area (Å²) in [4.78, 5) is 25.1. The summed E-state index contributed by atoms with van der Waals surface area (Å²) in [5.74, 6) is -0.599. The maximum atomic E-state index is 12.3. The Kier molecular flexibility index (Phi) is 4.83. The number of nitrogens with one attached hydrogen (secondary N) is 1. The summed E-state index contributed by atoms with van der Waals surface area (Å²) < 4.78 is 0. The van der Waals surface area contributed by atoms with Gasteiger partial charge in [0, 0.05) is 12.2 Å². The van der Waals surface area contributed by atoms with Crippen LogP contribution in [0.25, 0.3) is 0 Å². The molecule has 1 aliphatic heterocycles. The van der Waals surface area contributed by atoms with Gasteiger partial charge in [0.2, 0.25) is 0 Å². The number of carboxylic acids is 1. The van der Waals surface area contributed by atoms with E-state index in [0.29, 0.717) is 24.6 Å². The predicted octanol–water partition coefficient (Wildman–Crippen LogP) is 2.97. The third-order valence-electron chi connectivity index (χ3n) is 4.00. The van der Waals surface area contributed by atoms with Gasteiger partial charge in [-0.2, -0.15) is 0 Å². The Morgan fingerprint density at radius 3 is 2.86 bits per heavy atom. The number of amides is 2. The minimum absolute atomic E-state index is 0.331. The number of piperidine rings is 1. The Hall–Kier alpha value is -2.04. The quantitative estimate of drug-likeness (QED) is 0.899. The summed E-state index contributed by atoms with van der Waals surface area (Å²) in [6.07, 6.45) is 2.24. The van der Waals surface area contributed by atoms with Gasteiger partial charge < -0.3 is 15.3 Å². The molecule has 114 valence electrons. The molecule has 1 saturated heterocycles. The zero-order valence-corrected chi connectivity index (χ0v) is 12.5. The first kappa shape index (κ1) is 15.4. The number of benzene rings is 1. The molecule has 1 aliphatic rings. The Morgan fingerprint density at radius 1 is 1.43 bits per heavy atom. The van der Waals surface area contributed by atoms with Crippen LogP contribution in [0.2, 0.25) is 0 Å². The summed E-state index contributed by atoms with van der Waals surface area (Å²) in [6.45, 7) is 4.56. The molecular formula is C16H22N2O3. The number of aryl methyl sites for hydroxylation is 1. The number of nitrogens with zero attached hydrogens (tertiary/aromatic N) is 1. The molecular weight excluding hydrogens is 268 g/mol. The average Bonchev–Trinajstić information content (AvgIpc) is 2.47. The SMILES string of the molecule is CCc1cccc(NC(=O)N2CCC(C)CC2C(=O)O)c1. The zero-order valence-electron chi connectivity index (χ0n) is 12.5. The molecule has 0 radical (unpaired) electrons.